The van der Waals surface area contributed by atoms with E-state index in [-0.39, 0.29) is 0 Å². The van der Waals surface area contributed by atoms with E-state index < -0.39 is 0 Å². The highest BCUT2D eigenvalue weighted by molar-refractivity contribution is 7.26. The van der Waals surface area contributed by atoms with Crippen LogP contribution in [-0.4, -0.2) is 0 Å². The third kappa shape index (κ3) is 10.3. The van der Waals surface area contributed by atoms with Crippen LogP contribution in [0.1, 0.15) is 0 Å². The lowest BCUT2D eigenvalue weighted by Crippen LogP contribution is -2.12. The maximum atomic E-state index is 2.47. The van der Waals surface area contributed by atoms with Gasteiger partial charge in [-0.15, -0.1) is 22.7 Å². The number of benzene rings is 17. The first-order chi connectivity index (χ1) is 49.6. The van der Waals surface area contributed by atoms with Gasteiger partial charge in [0.15, 0.2) is 0 Å². The minimum atomic E-state index is 1.08. The van der Waals surface area contributed by atoms with Crippen LogP contribution in [0.3, 0.4) is 0 Å². The minimum absolute atomic E-state index is 1.08. The molecule has 0 aliphatic heterocycles. The van der Waals surface area contributed by atoms with Crippen molar-refractivity contribution in [3.05, 3.63) is 376 Å². The zero-order chi connectivity index (χ0) is 66.0. The first-order valence-corrected chi connectivity index (χ1v) is 35.8. The lowest BCUT2D eigenvalue weighted by Gasteiger charge is -2.30. The van der Waals surface area contributed by atoms with E-state index in [1.807, 2.05) is 22.7 Å². The van der Waals surface area contributed by atoms with Crippen molar-refractivity contribution in [2.24, 2.45) is 0 Å². The van der Waals surface area contributed by atoms with E-state index in [2.05, 4.69) is 386 Å². The van der Waals surface area contributed by atoms with Crippen LogP contribution >= 0.6 is 22.7 Å². The minimum Gasteiger partial charge on any atom is -0.310 e. The van der Waals surface area contributed by atoms with E-state index in [0.29, 0.717) is 0 Å². The third-order valence-corrected chi connectivity index (χ3v) is 22.5. The topological polar surface area (TPSA) is 6.48 Å². The Kier molecular flexibility index (Phi) is 14.7. The van der Waals surface area contributed by atoms with Crippen LogP contribution in [0.5, 0.6) is 0 Å². The van der Waals surface area contributed by atoms with Crippen LogP contribution < -0.4 is 9.80 Å². The molecule has 0 radical (unpaired) electrons. The van der Waals surface area contributed by atoms with Crippen molar-refractivity contribution in [1.29, 1.82) is 0 Å². The van der Waals surface area contributed by atoms with Gasteiger partial charge in [-0.1, -0.05) is 303 Å². The van der Waals surface area contributed by atoms with Crippen LogP contribution in [0.4, 0.5) is 34.1 Å². The quantitative estimate of drug-likeness (QED) is 0.114. The van der Waals surface area contributed by atoms with Gasteiger partial charge in [0, 0.05) is 85.2 Å². The first-order valence-electron chi connectivity index (χ1n) is 34.2. The summed E-state index contributed by atoms with van der Waals surface area (Å²) in [5, 5.41) is 12.5. The van der Waals surface area contributed by atoms with Crippen molar-refractivity contribution in [1.82, 2.24) is 0 Å². The van der Waals surface area contributed by atoms with Gasteiger partial charge < -0.3 is 9.80 Å². The molecule has 468 valence electrons. The summed E-state index contributed by atoms with van der Waals surface area (Å²) in [7, 11) is 0. The number of anilines is 6. The molecule has 0 N–H and O–H groups in total. The molecular formula is C96H62N2S2. The number of nitrogens with zero attached hydrogens (tertiary/aromatic N) is 2. The number of thiophene rings is 2. The average Bonchev–Trinajstić information content (AvgIpc) is 1.49. The molecule has 0 fully saturated rings. The summed E-state index contributed by atoms with van der Waals surface area (Å²) in [6.45, 7) is 0. The van der Waals surface area contributed by atoms with Crippen LogP contribution in [0.2, 0.25) is 0 Å². The Bertz CT molecular complexity index is 6330. The Morgan fingerprint density at radius 3 is 1.06 bits per heavy atom. The van der Waals surface area contributed by atoms with Crippen molar-refractivity contribution in [3.8, 4) is 77.9 Å². The molecule has 0 unspecified atom stereocenters. The van der Waals surface area contributed by atoms with E-state index in [0.717, 1.165) is 39.7 Å². The molecule has 19 rings (SSSR count). The van der Waals surface area contributed by atoms with Gasteiger partial charge in [0.25, 0.3) is 0 Å². The maximum absolute atomic E-state index is 2.47. The van der Waals surface area contributed by atoms with Gasteiger partial charge >= 0.3 is 0 Å². The normalized spacial score (nSPS) is 11.6. The highest BCUT2D eigenvalue weighted by Gasteiger charge is 2.25. The van der Waals surface area contributed by atoms with E-state index in [1.54, 1.807) is 0 Å². The number of para-hydroxylation sites is 3. The highest BCUT2D eigenvalue weighted by Crippen LogP contribution is 2.51. The molecule has 0 bridgehead atoms. The second-order valence-electron chi connectivity index (χ2n) is 25.8. The van der Waals surface area contributed by atoms with Crippen molar-refractivity contribution >= 4 is 129 Å². The Labute approximate surface area is 589 Å². The largest absolute Gasteiger partial charge is 0.310 e. The molecule has 0 aliphatic rings. The van der Waals surface area contributed by atoms with Crippen LogP contribution in [-0.2, 0) is 0 Å². The molecule has 0 saturated carbocycles. The predicted octanol–water partition coefficient (Wildman–Crippen LogP) is 28.5. The fourth-order valence-electron chi connectivity index (χ4n) is 15.3. The van der Waals surface area contributed by atoms with E-state index in [9.17, 15) is 0 Å². The number of hydrogen-bond donors (Lipinski definition) is 0. The fraction of sp³-hybridized carbons (Fsp3) is 0. The highest BCUT2D eigenvalue weighted by atomic mass is 32.1. The summed E-state index contributed by atoms with van der Waals surface area (Å²) in [6.07, 6.45) is 0. The number of hydrogen-bond acceptors (Lipinski definition) is 4. The molecule has 2 nitrogen and oxygen atoms in total. The Morgan fingerprint density at radius 2 is 0.500 bits per heavy atom. The molecule has 17 aromatic carbocycles. The van der Waals surface area contributed by atoms with Crippen LogP contribution in [0.15, 0.2) is 376 Å². The zero-order valence-corrected chi connectivity index (χ0v) is 56.1. The maximum Gasteiger partial charge on any atom is 0.0540 e. The van der Waals surface area contributed by atoms with Gasteiger partial charge in [-0.25, -0.2) is 0 Å². The monoisotopic (exact) mass is 1310 g/mol. The third-order valence-electron chi connectivity index (χ3n) is 20.1. The Balaban J connectivity index is 0.668. The Morgan fingerprint density at radius 1 is 0.170 bits per heavy atom. The molecule has 0 amide bonds. The molecule has 0 saturated heterocycles. The van der Waals surface area contributed by atoms with Crippen molar-refractivity contribution in [2.75, 3.05) is 9.80 Å². The molecule has 100 heavy (non-hydrogen) atoms. The van der Waals surface area contributed by atoms with Gasteiger partial charge in [0.05, 0.1) is 17.1 Å². The number of fused-ring (bicyclic) bond motifs is 9. The lowest BCUT2D eigenvalue weighted by atomic mass is 9.94. The van der Waals surface area contributed by atoms with Gasteiger partial charge in [-0.3, -0.25) is 0 Å². The van der Waals surface area contributed by atoms with E-state index in [4.69, 9.17) is 0 Å². The average molecular weight is 1310 g/mol. The standard InChI is InChI=1S/C96H62N2S2/c1-2-21-65(22-3-1)81-30-8-12-41-90(81)98(74-57-49-67(50-58-74)78-35-17-26-64-24-5-7-29-76(64)78)92-43-14-10-32-83(92)87-38-20-40-89-85-60-52-70(62-94(85)100-96(87)89)69-51-59-80-71(61-69)27-18-36-79(80)68-47-55-73(56-48-68)97(72-53-45-66(46-54-72)77-34-16-25-63-23-4-6-28-75(63)77)91-42-13-9-31-82(91)86-37-19-39-88-84-33-11-15-44-93(84)99-95(86)88/h1-62H. The molecule has 19 aromatic rings. The number of rotatable bonds is 13. The van der Waals surface area contributed by atoms with Gasteiger partial charge in [0.2, 0.25) is 0 Å². The second kappa shape index (κ2) is 24.9. The van der Waals surface area contributed by atoms with Crippen LogP contribution in [0, 0.1) is 0 Å². The molecule has 2 aromatic heterocycles. The van der Waals surface area contributed by atoms with E-state index in [1.165, 1.54) is 145 Å². The summed E-state index contributed by atoms with van der Waals surface area (Å²) >= 11 is 3.76. The van der Waals surface area contributed by atoms with E-state index >= 15 is 0 Å². The fourth-order valence-corrected chi connectivity index (χ4v) is 17.8. The molecule has 0 spiro atoms. The summed E-state index contributed by atoms with van der Waals surface area (Å²) in [5.74, 6) is 0. The molecule has 4 heteroatoms. The molecular weight excluding hydrogens is 1250 g/mol. The van der Waals surface area contributed by atoms with Gasteiger partial charge in [0.1, 0.15) is 0 Å². The molecule has 0 aliphatic carbocycles. The van der Waals surface area contributed by atoms with Crippen molar-refractivity contribution in [2.45, 2.75) is 0 Å². The molecule has 0 atom stereocenters. The molecule has 2 heterocycles. The lowest BCUT2D eigenvalue weighted by molar-refractivity contribution is 1.28. The summed E-state index contributed by atoms with van der Waals surface area (Å²) in [5.41, 5.74) is 23.3. The second-order valence-corrected chi connectivity index (χ2v) is 27.9. The smallest absolute Gasteiger partial charge is 0.0540 e. The summed E-state index contributed by atoms with van der Waals surface area (Å²) in [4.78, 5) is 4.91. The SMILES string of the molecule is c1ccc(-c2ccccc2N(c2ccc(-c3cccc4ccccc34)cc2)c2ccccc2-c2cccc3c2sc2cc(-c4ccc5c(-c6ccc(N(c7ccc(-c8cccc9ccccc89)cc7)c7ccccc7-c7cccc8c7sc7ccccc78)cc6)cccc5c4)ccc23)cc1. The Hall–Kier alpha value is -12.4. The first kappa shape index (κ1) is 58.9. The zero-order valence-electron chi connectivity index (χ0n) is 54.5. The summed E-state index contributed by atoms with van der Waals surface area (Å²) < 4.78 is 5.12. The summed E-state index contributed by atoms with van der Waals surface area (Å²) in [6, 6.07) is 139. The van der Waals surface area contributed by atoms with Crippen molar-refractivity contribution < 1.29 is 0 Å². The van der Waals surface area contributed by atoms with Gasteiger partial charge in [-0.2, -0.15) is 0 Å². The van der Waals surface area contributed by atoms with Gasteiger partial charge in [-0.05, 0) is 155 Å². The van der Waals surface area contributed by atoms with Crippen LogP contribution in [0.25, 0.3) is 151 Å². The predicted molar refractivity (Wildman–Crippen MR) is 432 cm³/mol. The van der Waals surface area contributed by atoms with Crippen molar-refractivity contribution in [3.63, 3.8) is 0 Å².